The van der Waals surface area contributed by atoms with Crippen LogP contribution in [0.15, 0.2) is 0 Å². The molecule has 98 valence electrons. The van der Waals surface area contributed by atoms with E-state index in [0.717, 1.165) is 23.8 Å². The Morgan fingerprint density at radius 3 is 2.59 bits per heavy atom. The first-order chi connectivity index (χ1) is 7.98. The third kappa shape index (κ3) is 1.83. The molecule has 3 heteroatoms. The molecule has 0 spiro atoms. The fourth-order valence-corrected chi connectivity index (χ4v) is 4.76. The van der Waals surface area contributed by atoms with E-state index in [1.807, 2.05) is 0 Å². The highest BCUT2D eigenvalue weighted by molar-refractivity contribution is 5.09. The van der Waals surface area contributed by atoms with Gasteiger partial charge in [-0.15, -0.1) is 0 Å². The van der Waals surface area contributed by atoms with Crippen LogP contribution in [0.1, 0.15) is 34.1 Å². The molecule has 3 rings (SSSR count). The lowest BCUT2D eigenvalue weighted by Crippen LogP contribution is -2.48. The van der Waals surface area contributed by atoms with E-state index in [0.29, 0.717) is 17.6 Å². The van der Waals surface area contributed by atoms with Gasteiger partial charge >= 0.3 is 0 Å². The van der Waals surface area contributed by atoms with Gasteiger partial charge in [0.15, 0.2) is 0 Å². The summed E-state index contributed by atoms with van der Waals surface area (Å²) in [5.74, 6) is 2.42. The van der Waals surface area contributed by atoms with Gasteiger partial charge in [0.25, 0.3) is 0 Å². The van der Waals surface area contributed by atoms with Crippen molar-refractivity contribution in [1.82, 2.24) is 16.0 Å². The normalized spacial score (nSPS) is 50.1. The van der Waals surface area contributed by atoms with Gasteiger partial charge in [-0.3, -0.25) is 10.6 Å². The van der Waals surface area contributed by atoms with Gasteiger partial charge < -0.3 is 5.32 Å². The van der Waals surface area contributed by atoms with E-state index < -0.39 is 0 Å². The lowest BCUT2D eigenvalue weighted by atomic mass is 9.67. The van der Waals surface area contributed by atoms with E-state index in [1.54, 1.807) is 0 Å². The van der Waals surface area contributed by atoms with Crippen LogP contribution in [-0.2, 0) is 0 Å². The fraction of sp³-hybridized carbons (Fsp3) is 1.00. The lowest BCUT2D eigenvalue weighted by Gasteiger charge is -2.39. The van der Waals surface area contributed by atoms with Crippen LogP contribution in [0.25, 0.3) is 0 Å². The number of nitrogens with one attached hydrogen (secondary N) is 3. The summed E-state index contributed by atoms with van der Waals surface area (Å²) in [6, 6.07) is 1.39. The topological polar surface area (TPSA) is 36.1 Å². The monoisotopic (exact) mass is 237 g/mol. The highest BCUT2D eigenvalue weighted by Gasteiger charge is 2.55. The van der Waals surface area contributed by atoms with Gasteiger partial charge in [0.05, 0.1) is 6.17 Å². The minimum Gasteiger partial charge on any atom is -0.316 e. The molecule has 3 aliphatic heterocycles. The molecule has 3 heterocycles. The molecule has 3 fully saturated rings. The van der Waals surface area contributed by atoms with Gasteiger partial charge in [0.1, 0.15) is 0 Å². The number of rotatable bonds is 0. The molecule has 0 aromatic carbocycles. The SMILES string of the molecule is CC1NC2NC3CCNCC3C2C1C(C)(C)C. The van der Waals surface area contributed by atoms with Gasteiger partial charge in [0, 0.05) is 12.1 Å². The summed E-state index contributed by atoms with van der Waals surface area (Å²) in [7, 11) is 0. The molecular weight excluding hydrogens is 210 g/mol. The fourth-order valence-electron chi connectivity index (χ4n) is 4.76. The van der Waals surface area contributed by atoms with Crippen molar-refractivity contribution < 1.29 is 0 Å². The van der Waals surface area contributed by atoms with Crippen LogP contribution in [0.4, 0.5) is 0 Å². The van der Waals surface area contributed by atoms with E-state index in [9.17, 15) is 0 Å². The van der Waals surface area contributed by atoms with E-state index >= 15 is 0 Å². The van der Waals surface area contributed by atoms with Crippen LogP contribution < -0.4 is 16.0 Å². The highest BCUT2D eigenvalue weighted by atomic mass is 15.2. The zero-order valence-electron chi connectivity index (χ0n) is 11.6. The molecule has 0 aromatic heterocycles. The molecular formula is C14H27N3. The first kappa shape index (κ1) is 11.9. The van der Waals surface area contributed by atoms with Crippen molar-refractivity contribution in [2.45, 2.75) is 52.4 Å². The predicted molar refractivity (Wildman–Crippen MR) is 70.7 cm³/mol. The third-order valence-electron chi connectivity index (χ3n) is 5.20. The molecule has 17 heavy (non-hydrogen) atoms. The number of hydrogen-bond donors (Lipinski definition) is 3. The molecule has 0 saturated carbocycles. The minimum atomic E-state index is 0.403. The Balaban J connectivity index is 1.86. The maximum Gasteiger partial charge on any atom is 0.0612 e. The minimum absolute atomic E-state index is 0.403. The number of hydrogen-bond acceptors (Lipinski definition) is 3. The van der Waals surface area contributed by atoms with Gasteiger partial charge in [-0.25, -0.2) is 0 Å². The van der Waals surface area contributed by atoms with Crippen molar-refractivity contribution in [3.63, 3.8) is 0 Å². The lowest BCUT2D eigenvalue weighted by molar-refractivity contribution is 0.126. The average molecular weight is 237 g/mol. The van der Waals surface area contributed by atoms with Crippen molar-refractivity contribution >= 4 is 0 Å². The second-order valence-electron chi connectivity index (χ2n) is 7.33. The van der Waals surface area contributed by atoms with Crippen molar-refractivity contribution in [1.29, 1.82) is 0 Å². The van der Waals surface area contributed by atoms with Crippen molar-refractivity contribution in [2.24, 2.45) is 23.2 Å². The molecule has 0 aromatic rings. The number of fused-ring (bicyclic) bond motifs is 3. The second kappa shape index (κ2) is 3.94. The largest absolute Gasteiger partial charge is 0.316 e. The summed E-state index contributed by atoms with van der Waals surface area (Å²) in [6.07, 6.45) is 1.86. The maximum absolute atomic E-state index is 3.84. The Bertz CT molecular complexity index is 296. The summed E-state index contributed by atoms with van der Waals surface area (Å²) in [4.78, 5) is 0. The van der Waals surface area contributed by atoms with E-state index in [2.05, 4.69) is 43.6 Å². The Kier molecular flexibility index (Phi) is 2.77. The third-order valence-corrected chi connectivity index (χ3v) is 5.20. The highest BCUT2D eigenvalue weighted by Crippen LogP contribution is 2.47. The average Bonchev–Trinajstić information content (AvgIpc) is 2.70. The van der Waals surface area contributed by atoms with Crippen LogP contribution in [0.3, 0.4) is 0 Å². The van der Waals surface area contributed by atoms with Gasteiger partial charge in [-0.1, -0.05) is 20.8 Å². The summed E-state index contributed by atoms with van der Waals surface area (Å²) < 4.78 is 0. The van der Waals surface area contributed by atoms with E-state index in [4.69, 9.17) is 0 Å². The van der Waals surface area contributed by atoms with Gasteiger partial charge in [-0.2, -0.15) is 0 Å². The smallest absolute Gasteiger partial charge is 0.0612 e. The molecule has 3 nitrogen and oxygen atoms in total. The molecule has 6 unspecified atom stereocenters. The quantitative estimate of drug-likeness (QED) is 0.592. The molecule has 0 aliphatic carbocycles. The summed E-state index contributed by atoms with van der Waals surface area (Å²) in [6.45, 7) is 12.0. The van der Waals surface area contributed by atoms with Crippen LogP contribution in [0.5, 0.6) is 0 Å². The van der Waals surface area contributed by atoms with E-state index in [1.165, 1.54) is 19.5 Å². The Morgan fingerprint density at radius 2 is 1.88 bits per heavy atom. The van der Waals surface area contributed by atoms with Crippen molar-refractivity contribution in [2.75, 3.05) is 13.1 Å². The molecule has 3 N–H and O–H groups in total. The van der Waals surface area contributed by atoms with Crippen molar-refractivity contribution in [3.8, 4) is 0 Å². The Morgan fingerprint density at radius 1 is 1.12 bits per heavy atom. The molecule has 0 amide bonds. The van der Waals surface area contributed by atoms with Crippen LogP contribution in [-0.4, -0.2) is 31.3 Å². The number of piperidine rings is 1. The van der Waals surface area contributed by atoms with Crippen molar-refractivity contribution in [3.05, 3.63) is 0 Å². The zero-order valence-corrected chi connectivity index (χ0v) is 11.6. The second-order valence-corrected chi connectivity index (χ2v) is 7.33. The van der Waals surface area contributed by atoms with Crippen LogP contribution >= 0.6 is 0 Å². The molecule has 0 bridgehead atoms. The zero-order chi connectivity index (χ0) is 12.2. The molecule has 6 atom stereocenters. The molecule has 3 aliphatic rings. The first-order valence-electron chi connectivity index (χ1n) is 7.21. The van der Waals surface area contributed by atoms with Gasteiger partial charge in [-0.05, 0) is 49.6 Å². The van der Waals surface area contributed by atoms with Crippen LogP contribution in [0.2, 0.25) is 0 Å². The Hall–Kier alpha value is -0.120. The summed E-state index contributed by atoms with van der Waals surface area (Å²) in [5.41, 5.74) is 0.403. The van der Waals surface area contributed by atoms with Gasteiger partial charge in [0.2, 0.25) is 0 Å². The van der Waals surface area contributed by atoms with Crippen LogP contribution in [0, 0.1) is 23.2 Å². The molecule has 0 radical (unpaired) electrons. The summed E-state index contributed by atoms with van der Waals surface area (Å²) in [5, 5.41) is 11.2. The predicted octanol–water partition coefficient (Wildman–Crippen LogP) is 1.16. The van der Waals surface area contributed by atoms with E-state index in [-0.39, 0.29) is 0 Å². The summed E-state index contributed by atoms with van der Waals surface area (Å²) >= 11 is 0. The first-order valence-corrected chi connectivity index (χ1v) is 7.21. The Labute approximate surface area is 105 Å². The molecule has 3 saturated heterocycles. The standard InChI is InChI=1S/C14H27N3/c1-8-12(14(2,3)4)11-9-7-15-6-5-10(9)17-13(11)16-8/h8-13,15-17H,5-7H2,1-4H3. The maximum atomic E-state index is 3.84.